The first-order chi connectivity index (χ1) is 11.6. The van der Waals surface area contributed by atoms with Gasteiger partial charge in [0, 0.05) is 31.7 Å². The molecule has 1 aromatic carbocycles. The number of carbonyl (C=O) groups excluding carboxylic acids is 1. The Morgan fingerprint density at radius 2 is 2.08 bits per heavy atom. The maximum atomic E-state index is 13.2. The molecule has 0 saturated carbocycles. The SMILES string of the molecule is O=C(NCc1ccn(Cc2cccc(F)c2)c1)c1ccc(Cl)nc1. The van der Waals surface area contributed by atoms with E-state index in [0.717, 1.165) is 11.1 Å². The molecule has 4 nitrogen and oxygen atoms in total. The molecular formula is C18H15ClFN3O. The molecule has 0 aliphatic carbocycles. The third kappa shape index (κ3) is 4.20. The van der Waals surface area contributed by atoms with Gasteiger partial charge in [0.05, 0.1) is 5.56 Å². The first kappa shape index (κ1) is 16.2. The molecule has 0 bridgehead atoms. The Morgan fingerprint density at radius 1 is 1.21 bits per heavy atom. The van der Waals surface area contributed by atoms with Gasteiger partial charge in [-0.25, -0.2) is 9.37 Å². The van der Waals surface area contributed by atoms with Crippen LogP contribution in [0.2, 0.25) is 5.15 Å². The Kier molecular flexibility index (Phi) is 4.91. The van der Waals surface area contributed by atoms with E-state index in [-0.39, 0.29) is 11.7 Å². The van der Waals surface area contributed by atoms with Crippen LogP contribution in [0, 0.1) is 5.82 Å². The fourth-order valence-electron chi connectivity index (χ4n) is 2.33. The highest BCUT2D eigenvalue weighted by atomic mass is 35.5. The Balaban J connectivity index is 1.58. The second kappa shape index (κ2) is 7.27. The highest BCUT2D eigenvalue weighted by Gasteiger charge is 2.06. The second-order valence-corrected chi connectivity index (χ2v) is 5.76. The number of halogens is 2. The third-order valence-corrected chi connectivity index (χ3v) is 3.73. The van der Waals surface area contributed by atoms with Crippen molar-refractivity contribution in [2.75, 3.05) is 0 Å². The fourth-order valence-corrected chi connectivity index (χ4v) is 2.45. The average molecular weight is 344 g/mol. The van der Waals surface area contributed by atoms with Gasteiger partial charge >= 0.3 is 0 Å². The van der Waals surface area contributed by atoms with E-state index in [1.54, 1.807) is 18.2 Å². The fraction of sp³-hybridized carbons (Fsp3) is 0.111. The lowest BCUT2D eigenvalue weighted by Gasteiger charge is -2.05. The molecule has 0 radical (unpaired) electrons. The van der Waals surface area contributed by atoms with Crippen LogP contribution in [0.5, 0.6) is 0 Å². The zero-order valence-electron chi connectivity index (χ0n) is 12.7. The summed E-state index contributed by atoms with van der Waals surface area (Å²) in [7, 11) is 0. The zero-order valence-corrected chi connectivity index (χ0v) is 13.5. The lowest BCUT2D eigenvalue weighted by atomic mass is 10.2. The monoisotopic (exact) mass is 343 g/mol. The van der Waals surface area contributed by atoms with Crippen LogP contribution in [0.1, 0.15) is 21.5 Å². The summed E-state index contributed by atoms with van der Waals surface area (Å²) in [6.45, 7) is 0.977. The van der Waals surface area contributed by atoms with E-state index in [2.05, 4.69) is 10.3 Å². The predicted octanol–water partition coefficient (Wildman–Crippen LogP) is 3.65. The Hall–Kier alpha value is -2.66. The molecule has 0 fully saturated rings. The maximum absolute atomic E-state index is 13.2. The summed E-state index contributed by atoms with van der Waals surface area (Å²) in [6, 6.07) is 11.6. The summed E-state index contributed by atoms with van der Waals surface area (Å²) in [4.78, 5) is 15.9. The third-order valence-electron chi connectivity index (χ3n) is 3.51. The van der Waals surface area contributed by atoms with E-state index in [1.165, 1.54) is 18.3 Å². The summed E-state index contributed by atoms with van der Waals surface area (Å²) in [6.07, 6.45) is 5.26. The summed E-state index contributed by atoms with van der Waals surface area (Å²) in [5.74, 6) is -0.458. The predicted molar refractivity (Wildman–Crippen MR) is 90.4 cm³/mol. The molecule has 0 spiro atoms. The number of rotatable bonds is 5. The minimum Gasteiger partial charge on any atom is -0.350 e. The number of amides is 1. The van der Waals surface area contributed by atoms with Crippen LogP contribution in [0.15, 0.2) is 61.1 Å². The molecule has 6 heteroatoms. The first-order valence-corrected chi connectivity index (χ1v) is 7.77. The van der Waals surface area contributed by atoms with Crippen LogP contribution >= 0.6 is 11.6 Å². The highest BCUT2D eigenvalue weighted by Crippen LogP contribution is 2.09. The molecule has 1 N–H and O–H groups in total. The Bertz CT molecular complexity index is 845. The Morgan fingerprint density at radius 3 is 2.83 bits per heavy atom. The maximum Gasteiger partial charge on any atom is 0.253 e. The number of aromatic nitrogens is 2. The smallest absolute Gasteiger partial charge is 0.253 e. The molecule has 0 aliphatic rings. The van der Waals surface area contributed by atoms with E-state index >= 15 is 0 Å². The molecule has 0 saturated heterocycles. The second-order valence-electron chi connectivity index (χ2n) is 5.37. The summed E-state index contributed by atoms with van der Waals surface area (Å²) in [5, 5.41) is 3.17. The molecule has 0 atom stereocenters. The largest absolute Gasteiger partial charge is 0.350 e. The normalized spacial score (nSPS) is 10.6. The van der Waals surface area contributed by atoms with Crippen molar-refractivity contribution < 1.29 is 9.18 Å². The van der Waals surface area contributed by atoms with Crippen molar-refractivity contribution in [2.24, 2.45) is 0 Å². The summed E-state index contributed by atoms with van der Waals surface area (Å²) >= 11 is 5.70. The van der Waals surface area contributed by atoms with Gasteiger partial charge in [-0.1, -0.05) is 23.7 Å². The molecular weight excluding hydrogens is 329 g/mol. The Labute approximate surface area is 143 Å². The number of benzene rings is 1. The zero-order chi connectivity index (χ0) is 16.9. The van der Waals surface area contributed by atoms with Crippen molar-refractivity contribution in [3.05, 3.63) is 88.7 Å². The topological polar surface area (TPSA) is 46.9 Å². The minimum atomic E-state index is -0.247. The summed E-state index contributed by atoms with van der Waals surface area (Å²) < 4.78 is 15.1. The number of nitrogens with zero attached hydrogens (tertiary/aromatic N) is 2. The van der Waals surface area contributed by atoms with Crippen molar-refractivity contribution in [3.63, 3.8) is 0 Å². The van der Waals surface area contributed by atoms with Crippen LogP contribution in [-0.2, 0) is 13.1 Å². The van der Waals surface area contributed by atoms with E-state index in [9.17, 15) is 9.18 Å². The van der Waals surface area contributed by atoms with Crippen molar-refractivity contribution in [1.82, 2.24) is 14.9 Å². The van der Waals surface area contributed by atoms with Gasteiger partial charge in [-0.15, -0.1) is 0 Å². The van der Waals surface area contributed by atoms with Crippen LogP contribution < -0.4 is 5.32 Å². The van der Waals surface area contributed by atoms with Crippen LogP contribution in [0.4, 0.5) is 4.39 Å². The number of pyridine rings is 1. The number of carbonyl (C=O) groups is 1. The lowest BCUT2D eigenvalue weighted by molar-refractivity contribution is 0.0950. The molecule has 0 aliphatic heterocycles. The molecule has 1 amide bonds. The van der Waals surface area contributed by atoms with Gasteiger partial charge < -0.3 is 9.88 Å². The molecule has 0 unspecified atom stereocenters. The minimum absolute atomic E-state index is 0.211. The van der Waals surface area contributed by atoms with Crippen LogP contribution in [-0.4, -0.2) is 15.5 Å². The van der Waals surface area contributed by atoms with E-state index < -0.39 is 0 Å². The number of nitrogens with one attached hydrogen (secondary N) is 1. The lowest BCUT2D eigenvalue weighted by Crippen LogP contribution is -2.22. The molecule has 3 aromatic rings. The van der Waals surface area contributed by atoms with Gasteiger partial charge in [0.2, 0.25) is 0 Å². The number of hydrogen-bond acceptors (Lipinski definition) is 2. The van der Waals surface area contributed by atoms with Gasteiger partial charge in [0.1, 0.15) is 11.0 Å². The quantitative estimate of drug-likeness (QED) is 0.719. The van der Waals surface area contributed by atoms with Crippen LogP contribution in [0.25, 0.3) is 0 Å². The standard InChI is InChI=1S/C18H15ClFN3O/c19-17-5-4-15(10-21-17)18(24)22-9-14-6-7-23(12-14)11-13-2-1-3-16(20)8-13/h1-8,10,12H,9,11H2,(H,22,24). The molecule has 2 heterocycles. The average Bonchev–Trinajstić information content (AvgIpc) is 3.01. The van der Waals surface area contributed by atoms with Gasteiger partial charge in [-0.3, -0.25) is 4.79 Å². The highest BCUT2D eigenvalue weighted by molar-refractivity contribution is 6.29. The van der Waals surface area contributed by atoms with Gasteiger partial charge in [-0.05, 0) is 41.5 Å². The van der Waals surface area contributed by atoms with E-state index in [4.69, 9.17) is 11.6 Å². The van der Waals surface area contributed by atoms with Crippen molar-refractivity contribution in [2.45, 2.75) is 13.1 Å². The molecule has 2 aromatic heterocycles. The molecule has 3 rings (SSSR count). The van der Waals surface area contributed by atoms with Crippen LogP contribution in [0.3, 0.4) is 0 Å². The van der Waals surface area contributed by atoms with Gasteiger partial charge in [0.15, 0.2) is 0 Å². The van der Waals surface area contributed by atoms with E-state index in [0.29, 0.717) is 23.8 Å². The van der Waals surface area contributed by atoms with Gasteiger partial charge in [0.25, 0.3) is 5.91 Å². The molecule has 122 valence electrons. The van der Waals surface area contributed by atoms with Crippen molar-refractivity contribution in [3.8, 4) is 0 Å². The summed E-state index contributed by atoms with van der Waals surface area (Å²) in [5.41, 5.74) is 2.30. The van der Waals surface area contributed by atoms with Crippen molar-refractivity contribution in [1.29, 1.82) is 0 Å². The van der Waals surface area contributed by atoms with Crippen molar-refractivity contribution >= 4 is 17.5 Å². The van der Waals surface area contributed by atoms with Gasteiger partial charge in [-0.2, -0.15) is 0 Å². The van der Waals surface area contributed by atoms with E-state index in [1.807, 2.05) is 29.1 Å². The molecule has 24 heavy (non-hydrogen) atoms. The number of hydrogen-bond donors (Lipinski definition) is 1. The first-order valence-electron chi connectivity index (χ1n) is 7.39.